The number of benzene rings is 1. The summed E-state index contributed by atoms with van der Waals surface area (Å²) in [6.45, 7) is 2.12. The number of carbonyl (C=O) groups is 3. The van der Waals surface area contributed by atoms with Crippen LogP contribution in [0.3, 0.4) is 0 Å². The van der Waals surface area contributed by atoms with Crippen LogP contribution >= 0.6 is 23.1 Å². The van der Waals surface area contributed by atoms with Crippen LogP contribution in [0.4, 0.5) is 18.2 Å². The number of rotatable bonds is 4. The molecule has 3 heterocycles. The van der Waals surface area contributed by atoms with Gasteiger partial charge in [0.15, 0.2) is 5.17 Å². The van der Waals surface area contributed by atoms with Crippen LogP contribution in [0.1, 0.15) is 46.1 Å². The Labute approximate surface area is 229 Å². The standard InChI is InChI=1S/C24H21N3O3S2.C2HF3O2/c1-2-30-23(29)20-16-7-3-4-8-18(16)31-22(20)27-24-26-21(28)19(32-24)13-14-9-10-17-15(12-14)6-5-11-25-17;3-2(4,5)1(6)7/h5-6,9-13H,2-4,7-8H2,1H3,(H,26,27,28);(H,6,7). The minimum Gasteiger partial charge on any atom is -0.475 e. The van der Waals surface area contributed by atoms with E-state index in [1.807, 2.05) is 36.4 Å². The van der Waals surface area contributed by atoms with E-state index in [0.29, 0.717) is 27.2 Å². The number of aromatic nitrogens is 1. The smallest absolute Gasteiger partial charge is 0.475 e. The van der Waals surface area contributed by atoms with Gasteiger partial charge in [0.1, 0.15) is 5.00 Å². The number of pyridine rings is 1. The molecule has 8 nitrogen and oxygen atoms in total. The fourth-order valence-corrected chi connectivity index (χ4v) is 6.09. The predicted octanol–water partition coefficient (Wildman–Crippen LogP) is 5.88. The van der Waals surface area contributed by atoms with Crippen LogP contribution in [0.2, 0.25) is 0 Å². The van der Waals surface area contributed by atoms with Gasteiger partial charge in [-0.1, -0.05) is 12.1 Å². The number of carboxylic acid groups (broad SMARTS) is 1. The summed E-state index contributed by atoms with van der Waals surface area (Å²) in [4.78, 5) is 44.9. The Kier molecular flexibility index (Phi) is 8.70. The second kappa shape index (κ2) is 12.0. The van der Waals surface area contributed by atoms with Gasteiger partial charge in [0.25, 0.3) is 5.91 Å². The van der Waals surface area contributed by atoms with E-state index in [1.54, 1.807) is 13.1 Å². The summed E-state index contributed by atoms with van der Waals surface area (Å²) in [5.41, 5.74) is 3.46. The summed E-state index contributed by atoms with van der Waals surface area (Å²) >= 11 is 2.81. The van der Waals surface area contributed by atoms with Crippen molar-refractivity contribution < 1.29 is 37.4 Å². The number of carboxylic acids is 1. The third-order valence-corrected chi connectivity index (χ3v) is 7.75. The van der Waals surface area contributed by atoms with Gasteiger partial charge in [-0.3, -0.25) is 9.78 Å². The van der Waals surface area contributed by atoms with Gasteiger partial charge in [0.05, 0.1) is 22.6 Å². The molecule has 0 spiro atoms. The normalized spacial score (nSPS) is 17.0. The van der Waals surface area contributed by atoms with Crippen molar-refractivity contribution in [2.45, 2.75) is 38.8 Å². The van der Waals surface area contributed by atoms with Crippen molar-refractivity contribution in [2.24, 2.45) is 4.99 Å². The molecule has 0 radical (unpaired) electrons. The number of amides is 1. The summed E-state index contributed by atoms with van der Waals surface area (Å²) in [6, 6.07) is 9.77. The SMILES string of the molecule is CCOC(=O)c1c(N=C2NC(=O)C(=Cc3ccc4ncccc4c3)S2)sc2c1CCCC2.O=C(O)C(F)(F)F. The Bertz CT molecular complexity index is 1500. The molecule has 2 N–H and O–H groups in total. The Hall–Kier alpha value is -3.71. The van der Waals surface area contributed by atoms with E-state index < -0.39 is 12.1 Å². The fourth-order valence-electron chi connectivity index (χ4n) is 3.95. The highest BCUT2D eigenvalue weighted by Crippen LogP contribution is 2.41. The number of thiophene rings is 1. The lowest BCUT2D eigenvalue weighted by atomic mass is 9.95. The maximum Gasteiger partial charge on any atom is 0.490 e. The number of ether oxygens (including phenoxy) is 1. The maximum atomic E-state index is 12.7. The number of aliphatic imine (C=N–C) groups is 1. The molecular formula is C26H22F3N3O5S2. The summed E-state index contributed by atoms with van der Waals surface area (Å²) < 4.78 is 37.0. The predicted molar refractivity (Wildman–Crippen MR) is 143 cm³/mol. The molecular weight excluding hydrogens is 555 g/mol. The molecule has 0 atom stereocenters. The van der Waals surface area contributed by atoms with Gasteiger partial charge in [-0.2, -0.15) is 13.2 Å². The average molecular weight is 578 g/mol. The fraction of sp³-hybridized carbons (Fsp3) is 0.269. The second-order valence-electron chi connectivity index (χ2n) is 8.35. The van der Waals surface area contributed by atoms with Gasteiger partial charge in [-0.05, 0) is 79.8 Å². The minimum atomic E-state index is -5.08. The zero-order valence-corrected chi connectivity index (χ0v) is 22.1. The van der Waals surface area contributed by atoms with Crippen molar-refractivity contribution in [3.05, 3.63) is 63.0 Å². The van der Waals surface area contributed by atoms with Gasteiger partial charge in [-0.25, -0.2) is 14.6 Å². The number of hydrogen-bond acceptors (Lipinski definition) is 8. The zero-order chi connectivity index (χ0) is 28.2. The quantitative estimate of drug-likeness (QED) is 0.294. The number of halogens is 3. The van der Waals surface area contributed by atoms with Crippen LogP contribution in [0.15, 0.2) is 46.4 Å². The molecule has 5 rings (SSSR count). The van der Waals surface area contributed by atoms with Gasteiger partial charge in [-0.15, -0.1) is 11.3 Å². The van der Waals surface area contributed by atoms with E-state index in [0.717, 1.165) is 47.7 Å². The minimum absolute atomic E-state index is 0.195. The topological polar surface area (TPSA) is 118 Å². The Morgan fingerprint density at radius 3 is 2.69 bits per heavy atom. The molecule has 13 heteroatoms. The van der Waals surface area contributed by atoms with Crippen molar-refractivity contribution in [3.63, 3.8) is 0 Å². The van der Waals surface area contributed by atoms with Gasteiger partial charge in [0, 0.05) is 16.5 Å². The lowest BCUT2D eigenvalue weighted by molar-refractivity contribution is -0.192. The van der Waals surface area contributed by atoms with Crippen LogP contribution in [0.25, 0.3) is 17.0 Å². The average Bonchev–Trinajstić information content (AvgIpc) is 3.43. The van der Waals surface area contributed by atoms with Crippen molar-refractivity contribution in [1.82, 2.24) is 10.3 Å². The third-order valence-electron chi connectivity index (χ3n) is 5.65. The third kappa shape index (κ3) is 6.84. The largest absolute Gasteiger partial charge is 0.490 e. The van der Waals surface area contributed by atoms with E-state index in [1.165, 1.54) is 28.0 Å². The van der Waals surface area contributed by atoms with Crippen molar-refractivity contribution >= 4 is 68.1 Å². The summed E-state index contributed by atoms with van der Waals surface area (Å²) in [5.74, 6) is -3.28. The van der Waals surface area contributed by atoms with E-state index in [9.17, 15) is 22.8 Å². The molecule has 1 aliphatic carbocycles. The van der Waals surface area contributed by atoms with Crippen molar-refractivity contribution in [3.8, 4) is 0 Å². The number of carbonyl (C=O) groups excluding carboxylic acids is 2. The first-order valence-electron chi connectivity index (χ1n) is 11.8. The molecule has 1 aliphatic heterocycles. The number of aliphatic carboxylic acids is 1. The number of nitrogens with zero attached hydrogens (tertiary/aromatic N) is 2. The van der Waals surface area contributed by atoms with Crippen molar-refractivity contribution in [2.75, 3.05) is 6.61 Å². The molecule has 0 saturated carbocycles. The highest BCUT2D eigenvalue weighted by Gasteiger charge is 2.38. The lowest BCUT2D eigenvalue weighted by Gasteiger charge is -2.11. The van der Waals surface area contributed by atoms with E-state index in [4.69, 9.17) is 14.6 Å². The number of nitrogens with one attached hydrogen (secondary N) is 1. The van der Waals surface area contributed by atoms with Gasteiger partial charge >= 0.3 is 18.1 Å². The molecule has 1 aromatic carbocycles. The zero-order valence-electron chi connectivity index (χ0n) is 20.5. The van der Waals surface area contributed by atoms with E-state index >= 15 is 0 Å². The number of fused-ring (bicyclic) bond motifs is 2. The first-order valence-corrected chi connectivity index (χ1v) is 13.5. The molecule has 204 valence electrons. The van der Waals surface area contributed by atoms with Crippen LogP contribution in [-0.4, -0.2) is 45.9 Å². The van der Waals surface area contributed by atoms with Crippen LogP contribution in [0, 0.1) is 0 Å². The molecule has 1 amide bonds. The molecule has 0 bridgehead atoms. The molecule has 1 fully saturated rings. The number of hydrogen-bond donors (Lipinski definition) is 2. The van der Waals surface area contributed by atoms with Gasteiger partial charge in [0.2, 0.25) is 0 Å². The monoisotopic (exact) mass is 577 g/mol. The molecule has 0 unspecified atom stereocenters. The number of amidine groups is 1. The lowest BCUT2D eigenvalue weighted by Crippen LogP contribution is -2.21. The van der Waals surface area contributed by atoms with Crippen LogP contribution in [0.5, 0.6) is 0 Å². The molecule has 39 heavy (non-hydrogen) atoms. The molecule has 3 aromatic rings. The Balaban J connectivity index is 0.000000448. The number of esters is 1. The van der Waals surface area contributed by atoms with Crippen molar-refractivity contribution in [1.29, 1.82) is 0 Å². The summed E-state index contributed by atoms with van der Waals surface area (Å²) in [5, 5.41) is 12.1. The summed E-state index contributed by atoms with van der Waals surface area (Å²) in [6.07, 6.45) is 2.53. The molecule has 1 saturated heterocycles. The number of thioether (sulfide) groups is 1. The first-order chi connectivity index (χ1) is 18.6. The van der Waals surface area contributed by atoms with E-state index in [-0.39, 0.29) is 11.9 Å². The highest BCUT2D eigenvalue weighted by molar-refractivity contribution is 8.18. The Morgan fingerprint density at radius 2 is 1.97 bits per heavy atom. The Morgan fingerprint density at radius 1 is 1.23 bits per heavy atom. The van der Waals surface area contributed by atoms with E-state index in [2.05, 4.69) is 15.3 Å². The first kappa shape index (κ1) is 28.3. The molecule has 2 aromatic heterocycles. The highest BCUT2D eigenvalue weighted by atomic mass is 32.2. The van der Waals surface area contributed by atoms with Crippen LogP contribution < -0.4 is 5.32 Å². The number of alkyl halides is 3. The number of aryl methyl sites for hydroxylation is 1. The van der Waals surface area contributed by atoms with Gasteiger partial charge < -0.3 is 15.2 Å². The molecule has 2 aliphatic rings. The van der Waals surface area contributed by atoms with Crippen LogP contribution in [-0.2, 0) is 27.2 Å². The maximum absolute atomic E-state index is 12.7. The second-order valence-corrected chi connectivity index (χ2v) is 10.5. The summed E-state index contributed by atoms with van der Waals surface area (Å²) in [7, 11) is 0.